The summed E-state index contributed by atoms with van der Waals surface area (Å²) >= 11 is 0.510. The second kappa shape index (κ2) is 8.47. The Morgan fingerprint density at radius 3 is 0.690 bits per heavy atom. The molecule has 12 rings (SSSR count). The van der Waals surface area contributed by atoms with Crippen LogP contribution in [0.5, 0.6) is 0 Å². The van der Waals surface area contributed by atoms with Crippen molar-refractivity contribution in [3.05, 3.63) is 212 Å². The van der Waals surface area contributed by atoms with Crippen molar-refractivity contribution in [2.45, 2.75) is 20.5 Å². The van der Waals surface area contributed by atoms with Crippen molar-refractivity contribution in [2.75, 3.05) is 0 Å². The van der Waals surface area contributed by atoms with Gasteiger partial charge in [-0.25, -0.2) is 0 Å². The fraction of sp³-hybridized carbons (Fsp3) is 0.100. The average Bonchev–Trinajstić information content (AvgIpc) is 3.07. The van der Waals surface area contributed by atoms with Crippen molar-refractivity contribution in [3.63, 3.8) is 0 Å². The summed E-state index contributed by atoms with van der Waals surface area (Å²) in [7, 11) is 0. The second-order valence-electron chi connectivity index (χ2n) is 11.9. The molecule has 6 aliphatic rings. The molecule has 0 saturated heterocycles. The zero-order valence-electron chi connectivity index (χ0n) is 22.8. The van der Waals surface area contributed by atoms with Gasteiger partial charge in [-0.2, -0.15) is 0 Å². The van der Waals surface area contributed by atoms with Crippen molar-refractivity contribution in [1.29, 1.82) is 0 Å². The van der Waals surface area contributed by atoms with Gasteiger partial charge in [-0.1, -0.05) is 0 Å². The van der Waals surface area contributed by atoms with Gasteiger partial charge in [0.15, 0.2) is 0 Å². The van der Waals surface area contributed by atoms with E-state index in [9.17, 15) is 0 Å². The third kappa shape index (κ3) is 2.72. The second-order valence-corrected chi connectivity index (χ2v) is 18.8. The van der Waals surface area contributed by atoms with Gasteiger partial charge in [-0.15, -0.1) is 0 Å². The van der Waals surface area contributed by atoms with E-state index in [0.29, 0.717) is 11.8 Å². The first kappa shape index (κ1) is 23.9. The van der Waals surface area contributed by atoms with Gasteiger partial charge in [0.25, 0.3) is 0 Å². The van der Waals surface area contributed by atoms with Crippen molar-refractivity contribution < 1.29 is 0 Å². The summed E-state index contributed by atoms with van der Waals surface area (Å²) in [5, 5.41) is 0. The van der Waals surface area contributed by atoms with Crippen LogP contribution < -0.4 is 0 Å². The Morgan fingerprint density at radius 2 is 0.476 bits per heavy atom. The Labute approximate surface area is 257 Å². The van der Waals surface area contributed by atoms with Crippen LogP contribution in [0.25, 0.3) is 0 Å². The summed E-state index contributed by atoms with van der Waals surface area (Å²) in [6, 6.07) is 56.4. The zero-order valence-corrected chi connectivity index (χ0v) is 26.3. The van der Waals surface area contributed by atoms with Gasteiger partial charge in [0.1, 0.15) is 0 Å². The summed E-state index contributed by atoms with van der Waals surface area (Å²) in [6.45, 7) is 0. The molecular weight excluding hydrogens is 638 g/mol. The maximum absolute atomic E-state index is 2.46. The van der Waals surface area contributed by atoms with Crippen LogP contribution in [0.4, 0.5) is 0 Å². The predicted octanol–water partition coefficient (Wildman–Crippen LogP) is 7.91. The molecule has 198 valence electrons. The standard InChI is InChI=1S/C40H26Se2/c1-7-19-31-25(13-1)37-26-14-2-8-20-32(26)39(31,33-21-9-3-15-27(33)37)41-42-40-34-22-10-4-16-28(34)38(29-17-5-11-23-35(29)40)30-18-6-12-24-36(30)40/h1-24,37-38H. The number of hydrogen-bond acceptors (Lipinski definition) is 0. The van der Waals surface area contributed by atoms with E-state index in [4.69, 9.17) is 0 Å². The van der Waals surface area contributed by atoms with Gasteiger partial charge < -0.3 is 0 Å². The summed E-state index contributed by atoms with van der Waals surface area (Å²) < 4.78 is -0.208. The molecule has 0 heterocycles. The molecule has 0 saturated carbocycles. The fourth-order valence-electron chi connectivity index (χ4n) is 8.69. The summed E-state index contributed by atoms with van der Waals surface area (Å²) in [6.07, 6.45) is 0. The molecule has 6 aromatic carbocycles. The molecule has 0 aliphatic heterocycles. The van der Waals surface area contributed by atoms with E-state index in [1.807, 2.05) is 0 Å². The summed E-state index contributed by atoms with van der Waals surface area (Å²) in [5.74, 6) is 0.647. The zero-order chi connectivity index (χ0) is 27.5. The van der Waals surface area contributed by atoms with Crippen LogP contribution in [0, 0.1) is 0 Å². The van der Waals surface area contributed by atoms with Gasteiger partial charge in [0.05, 0.1) is 0 Å². The predicted molar refractivity (Wildman–Crippen MR) is 172 cm³/mol. The SMILES string of the molecule is c1ccc2c(c1)C1c3ccccc3C2([Se][Se]C23c4ccccc4C(c4ccccc42)c2ccccc23)c2ccccc21. The molecule has 6 aliphatic carbocycles. The molecule has 0 atom stereocenters. The fourth-order valence-corrected chi connectivity index (χ4v) is 21.3. The Balaban J connectivity index is 1.27. The van der Waals surface area contributed by atoms with Gasteiger partial charge in [-0.05, 0) is 0 Å². The van der Waals surface area contributed by atoms with Crippen LogP contribution >= 0.6 is 0 Å². The maximum atomic E-state index is 2.46. The Bertz CT molecular complexity index is 1710. The van der Waals surface area contributed by atoms with Crippen LogP contribution in [0.1, 0.15) is 78.6 Å². The molecule has 0 radical (unpaired) electrons. The van der Waals surface area contributed by atoms with E-state index in [-0.39, 0.29) is 34.9 Å². The van der Waals surface area contributed by atoms with Gasteiger partial charge in [0.2, 0.25) is 0 Å². The molecule has 0 nitrogen and oxygen atoms in total. The van der Waals surface area contributed by atoms with Gasteiger partial charge >= 0.3 is 259 Å². The Hall–Kier alpha value is -3.64. The molecule has 0 spiro atoms. The number of benzene rings is 6. The minimum absolute atomic E-state index is 0.104. The van der Waals surface area contributed by atoms with E-state index in [1.54, 1.807) is 33.4 Å². The Morgan fingerprint density at radius 1 is 0.286 bits per heavy atom. The van der Waals surface area contributed by atoms with Crippen LogP contribution in [0.2, 0.25) is 0 Å². The van der Waals surface area contributed by atoms with E-state index in [0.717, 1.165) is 0 Å². The molecule has 0 N–H and O–H groups in total. The number of rotatable bonds is 3. The normalized spacial score (nSPS) is 24.6. The van der Waals surface area contributed by atoms with Gasteiger partial charge in [0, 0.05) is 0 Å². The summed E-state index contributed by atoms with van der Waals surface area (Å²) in [4.78, 5) is 0. The first-order valence-electron chi connectivity index (χ1n) is 14.8. The van der Waals surface area contributed by atoms with Crippen LogP contribution in [-0.2, 0) is 8.63 Å². The van der Waals surface area contributed by atoms with E-state index in [1.165, 1.54) is 33.4 Å². The van der Waals surface area contributed by atoms with Gasteiger partial charge in [-0.3, -0.25) is 0 Å². The van der Waals surface area contributed by atoms with Crippen molar-refractivity contribution >= 4 is 26.3 Å². The summed E-state index contributed by atoms with van der Waals surface area (Å²) in [5.41, 5.74) is 18.4. The molecule has 6 aromatic rings. The first-order valence-corrected chi connectivity index (χ1v) is 20.8. The van der Waals surface area contributed by atoms with Crippen LogP contribution in [-0.4, -0.2) is 26.3 Å². The van der Waals surface area contributed by atoms with Crippen LogP contribution in [0.3, 0.4) is 0 Å². The third-order valence-corrected chi connectivity index (χ3v) is 20.5. The first-order chi connectivity index (χ1) is 20.8. The van der Waals surface area contributed by atoms with Crippen molar-refractivity contribution in [2.24, 2.45) is 0 Å². The molecule has 0 unspecified atom stereocenters. The molecule has 0 fully saturated rings. The molecule has 4 bridgehead atoms. The third-order valence-electron chi connectivity index (χ3n) is 10.2. The molecule has 0 aromatic heterocycles. The monoisotopic (exact) mass is 666 g/mol. The van der Waals surface area contributed by atoms with Crippen molar-refractivity contribution in [3.8, 4) is 0 Å². The van der Waals surface area contributed by atoms with E-state index in [2.05, 4.69) is 146 Å². The minimum atomic E-state index is -0.104. The van der Waals surface area contributed by atoms with E-state index >= 15 is 0 Å². The Kier molecular flexibility index (Phi) is 4.81. The van der Waals surface area contributed by atoms with E-state index < -0.39 is 0 Å². The quantitative estimate of drug-likeness (QED) is 0.169. The molecule has 0 amide bonds. The van der Waals surface area contributed by atoms with Crippen LogP contribution in [0.15, 0.2) is 146 Å². The average molecular weight is 665 g/mol. The molecular formula is C40H26Se2. The topological polar surface area (TPSA) is 0 Å². The molecule has 2 heteroatoms. The van der Waals surface area contributed by atoms with Crippen molar-refractivity contribution in [1.82, 2.24) is 0 Å². The number of hydrogen-bond donors (Lipinski definition) is 0. The molecule has 42 heavy (non-hydrogen) atoms.